The van der Waals surface area contributed by atoms with Crippen molar-refractivity contribution < 1.29 is 35.2 Å². The number of benzene rings is 2. The molecule has 0 aliphatic heterocycles. The van der Waals surface area contributed by atoms with Gasteiger partial charge in [-0.3, -0.25) is 0 Å². The Kier molecular flexibility index (Phi) is 8.88. The summed E-state index contributed by atoms with van der Waals surface area (Å²) in [5.74, 6) is 0.0681. The van der Waals surface area contributed by atoms with Gasteiger partial charge in [0.05, 0.1) is 21.3 Å². The predicted octanol–water partition coefficient (Wildman–Crippen LogP) is 7.79. The molecule has 0 spiro atoms. The Hall–Kier alpha value is -2.56. The van der Waals surface area contributed by atoms with Gasteiger partial charge >= 0.3 is 15.6 Å². The molecule has 0 bridgehead atoms. The van der Waals surface area contributed by atoms with E-state index in [4.69, 9.17) is 9.47 Å². The van der Waals surface area contributed by atoms with Gasteiger partial charge < -0.3 is 13.7 Å². The third kappa shape index (κ3) is 6.75. The summed E-state index contributed by atoms with van der Waals surface area (Å²) in [6.45, 7) is 9.38. The van der Waals surface area contributed by atoms with E-state index in [0.29, 0.717) is 17.7 Å². The number of allylic oxidation sites excluding steroid dienone is 3. The van der Waals surface area contributed by atoms with Gasteiger partial charge in [-0.2, -0.15) is 21.6 Å². The maximum absolute atomic E-state index is 13.2. The average Bonchev–Trinajstić information content (AvgIpc) is 3.24. The van der Waals surface area contributed by atoms with Gasteiger partial charge in [0.15, 0.2) is 0 Å². The molecule has 2 aromatic carbocycles. The molecule has 10 heteroatoms. The fraction of sp³-hybridized carbons (Fsp3) is 0.484. The summed E-state index contributed by atoms with van der Waals surface area (Å²) >= 11 is 0. The van der Waals surface area contributed by atoms with Crippen LogP contribution in [0.15, 0.2) is 70.4 Å². The maximum Gasteiger partial charge on any atom is 0.534 e. The fourth-order valence-corrected chi connectivity index (χ4v) is 8.84. The third-order valence-electron chi connectivity index (χ3n) is 8.36. The second-order valence-electron chi connectivity index (χ2n) is 12.3. The summed E-state index contributed by atoms with van der Waals surface area (Å²) in [4.78, 5) is 0. The van der Waals surface area contributed by atoms with E-state index in [1.165, 1.54) is 46.7 Å². The standard InChI is InChI=1S/C31H39F3O5SSi/c1-30-19-24(38-3)18-27(30)25(26(29(20-30)41(4,5)6)16-21-10-8-7-9-11-21)14-12-22-17-23(37-2)13-15-28(22)39-40(35,36)31(32,33)34/h7-11,13,15,17,24H,12,14,16,18-20H2,1-6H3/t24-,30+/m1/s1. The molecule has 0 heterocycles. The Balaban J connectivity index is 1.81. The molecule has 0 unspecified atom stereocenters. The first-order valence-electron chi connectivity index (χ1n) is 13.8. The predicted molar refractivity (Wildman–Crippen MR) is 157 cm³/mol. The lowest BCUT2D eigenvalue weighted by Gasteiger charge is -2.41. The first-order chi connectivity index (χ1) is 19.1. The number of halogens is 3. The van der Waals surface area contributed by atoms with Crippen LogP contribution in [0.25, 0.3) is 0 Å². The minimum Gasteiger partial charge on any atom is -0.497 e. The molecule has 1 saturated carbocycles. The fourth-order valence-electron chi connectivity index (χ4n) is 6.28. The Morgan fingerprint density at radius 1 is 1.00 bits per heavy atom. The Morgan fingerprint density at radius 3 is 2.27 bits per heavy atom. The Morgan fingerprint density at radius 2 is 1.68 bits per heavy atom. The van der Waals surface area contributed by atoms with Crippen LogP contribution in [0.5, 0.6) is 11.5 Å². The first kappa shape index (κ1) is 31.4. The molecule has 0 radical (unpaired) electrons. The molecule has 1 fully saturated rings. The van der Waals surface area contributed by atoms with Gasteiger partial charge in [0.2, 0.25) is 0 Å². The smallest absolute Gasteiger partial charge is 0.497 e. The highest BCUT2D eigenvalue weighted by Gasteiger charge is 2.49. The summed E-state index contributed by atoms with van der Waals surface area (Å²) in [5, 5.41) is 1.50. The molecule has 2 aromatic rings. The number of aryl methyl sites for hydroxylation is 1. The number of hydrogen-bond donors (Lipinski definition) is 0. The molecule has 5 nitrogen and oxygen atoms in total. The SMILES string of the molecule is COc1ccc(OS(=O)(=O)C(F)(F)F)c(CCC2=C3C[C@@H](OC)C[C@@]3(C)CC([Si](C)(C)C)=C2Cc2ccccc2)c1. The van der Waals surface area contributed by atoms with Crippen LogP contribution in [0.4, 0.5) is 13.2 Å². The molecule has 2 atom stereocenters. The minimum atomic E-state index is -5.82. The molecular formula is C31H39F3O5SSi. The van der Waals surface area contributed by atoms with E-state index >= 15 is 0 Å². The quantitative estimate of drug-likeness (QED) is 0.157. The van der Waals surface area contributed by atoms with Crippen molar-refractivity contribution in [2.75, 3.05) is 14.2 Å². The van der Waals surface area contributed by atoms with E-state index in [2.05, 4.69) is 42.9 Å². The van der Waals surface area contributed by atoms with Crippen LogP contribution in [0.1, 0.15) is 43.7 Å². The lowest BCUT2D eigenvalue weighted by Crippen LogP contribution is -2.34. The number of ether oxygens (including phenoxy) is 2. The molecule has 2 aliphatic rings. The Bertz CT molecular complexity index is 1440. The summed E-state index contributed by atoms with van der Waals surface area (Å²) in [7, 11) is -4.42. The monoisotopic (exact) mass is 608 g/mol. The van der Waals surface area contributed by atoms with Crippen molar-refractivity contribution >= 4 is 18.2 Å². The lowest BCUT2D eigenvalue weighted by molar-refractivity contribution is -0.0500. The average molecular weight is 609 g/mol. The van der Waals surface area contributed by atoms with Gasteiger partial charge in [-0.15, -0.1) is 0 Å². The van der Waals surface area contributed by atoms with Crippen molar-refractivity contribution in [2.24, 2.45) is 5.41 Å². The van der Waals surface area contributed by atoms with Crippen LogP contribution in [0.3, 0.4) is 0 Å². The normalized spacial score (nSPS) is 21.7. The highest BCUT2D eigenvalue weighted by Crippen LogP contribution is 2.56. The molecule has 0 aromatic heterocycles. The van der Waals surface area contributed by atoms with Crippen LogP contribution in [-0.4, -0.2) is 42.3 Å². The maximum atomic E-state index is 13.2. The zero-order valence-corrected chi connectivity index (χ0v) is 26.3. The lowest BCUT2D eigenvalue weighted by atomic mass is 9.71. The van der Waals surface area contributed by atoms with Crippen molar-refractivity contribution in [3.63, 3.8) is 0 Å². The van der Waals surface area contributed by atoms with Gasteiger partial charge in [0, 0.05) is 7.11 Å². The van der Waals surface area contributed by atoms with Gasteiger partial charge in [-0.05, 0) is 84.4 Å². The molecule has 0 N–H and O–H groups in total. The van der Waals surface area contributed by atoms with E-state index < -0.39 is 23.7 Å². The van der Waals surface area contributed by atoms with Crippen LogP contribution in [-0.2, 0) is 27.7 Å². The minimum absolute atomic E-state index is 0.0703. The topological polar surface area (TPSA) is 61.8 Å². The zero-order valence-electron chi connectivity index (χ0n) is 24.5. The van der Waals surface area contributed by atoms with Gasteiger partial charge in [-0.25, -0.2) is 0 Å². The number of hydrogen-bond acceptors (Lipinski definition) is 5. The van der Waals surface area contributed by atoms with E-state index in [-0.39, 0.29) is 23.7 Å². The van der Waals surface area contributed by atoms with Crippen molar-refractivity contribution in [2.45, 2.75) is 76.7 Å². The number of rotatable bonds is 10. The second kappa shape index (κ2) is 11.6. The molecule has 4 rings (SSSR count). The van der Waals surface area contributed by atoms with E-state index in [1.807, 2.05) is 18.2 Å². The molecule has 41 heavy (non-hydrogen) atoms. The van der Waals surface area contributed by atoms with Crippen molar-refractivity contribution in [1.82, 2.24) is 0 Å². The molecule has 224 valence electrons. The van der Waals surface area contributed by atoms with Crippen molar-refractivity contribution in [3.05, 3.63) is 81.6 Å². The largest absolute Gasteiger partial charge is 0.534 e. The van der Waals surface area contributed by atoms with Crippen molar-refractivity contribution in [1.29, 1.82) is 0 Å². The summed E-state index contributed by atoms with van der Waals surface area (Å²) < 4.78 is 79.1. The summed E-state index contributed by atoms with van der Waals surface area (Å²) in [5.41, 5.74) is -0.198. The van der Waals surface area contributed by atoms with Gasteiger partial charge in [0.25, 0.3) is 0 Å². The molecule has 2 aliphatic carbocycles. The molecule has 0 saturated heterocycles. The molecular weight excluding hydrogens is 569 g/mol. The van der Waals surface area contributed by atoms with Crippen LogP contribution in [0.2, 0.25) is 19.6 Å². The number of alkyl halides is 3. The summed E-state index contributed by atoms with van der Waals surface area (Å²) in [6, 6.07) is 14.5. The second-order valence-corrected chi connectivity index (χ2v) is 18.9. The molecule has 0 amide bonds. The number of fused-ring (bicyclic) bond motifs is 1. The highest BCUT2D eigenvalue weighted by molar-refractivity contribution is 7.88. The highest BCUT2D eigenvalue weighted by atomic mass is 32.2. The van der Waals surface area contributed by atoms with Gasteiger partial charge in [0.1, 0.15) is 11.5 Å². The van der Waals surface area contributed by atoms with E-state index in [9.17, 15) is 21.6 Å². The van der Waals surface area contributed by atoms with Crippen LogP contribution < -0.4 is 8.92 Å². The Labute approximate surface area is 242 Å². The van der Waals surface area contributed by atoms with Crippen molar-refractivity contribution in [3.8, 4) is 11.5 Å². The van der Waals surface area contributed by atoms with E-state index in [0.717, 1.165) is 25.7 Å². The van der Waals surface area contributed by atoms with Crippen LogP contribution >= 0.6 is 0 Å². The van der Waals surface area contributed by atoms with Crippen LogP contribution in [0, 0.1) is 5.41 Å². The summed E-state index contributed by atoms with van der Waals surface area (Å²) in [6.07, 6.45) is 4.33. The third-order valence-corrected chi connectivity index (χ3v) is 11.6. The number of methoxy groups -OCH3 is 2. The zero-order chi connectivity index (χ0) is 30.2. The van der Waals surface area contributed by atoms with Gasteiger partial charge in [-0.1, -0.05) is 67.7 Å². The van der Waals surface area contributed by atoms with E-state index in [1.54, 1.807) is 13.2 Å². The first-order valence-corrected chi connectivity index (χ1v) is 18.7.